The molecule has 13 atom stereocenters. The number of aryl methyl sites for hydroxylation is 1. The number of methoxy groups -OCH3 is 1. The normalized spacial score (nSPS) is 37.4. The highest BCUT2D eigenvalue weighted by atomic mass is 35.5. The molecule has 1 aromatic carbocycles. The van der Waals surface area contributed by atoms with Crippen LogP contribution in [-0.2, 0) is 42.8 Å². The zero-order valence-electron chi connectivity index (χ0n) is 36.3. The van der Waals surface area contributed by atoms with E-state index in [1.54, 1.807) is 66.9 Å². The Morgan fingerprint density at radius 2 is 1.76 bits per heavy atom. The molecule has 3 fully saturated rings. The molecule has 3 heterocycles. The van der Waals surface area contributed by atoms with E-state index in [0.717, 1.165) is 12.5 Å². The van der Waals surface area contributed by atoms with Gasteiger partial charge < -0.3 is 43.3 Å². The Morgan fingerprint density at radius 1 is 1.10 bits per heavy atom. The van der Waals surface area contributed by atoms with E-state index in [4.69, 9.17) is 40.0 Å². The summed E-state index contributed by atoms with van der Waals surface area (Å²) >= 11 is 6.02. The highest BCUT2D eigenvalue weighted by Gasteiger charge is 2.61. The van der Waals surface area contributed by atoms with E-state index >= 15 is 4.39 Å². The smallest absolute Gasteiger partial charge is 0.411 e. The molecule has 2 amide bonds. The van der Waals surface area contributed by atoms with Gasteiger partial charge in [-0.2, -0.15) is 0 Å². The van der Waals surface area contributed by atoms with Crippen LogP contribution in [0.25, 0.3) is 0 Å². The summed E-state index contributed by atoms with van der Waals surface area (Å²) in [6.45, 7) is 13.8. The minimum atomic E-state index is -3.22. The van der Waals surface area contributed by atoms with E-state index in [9.17, 15) is 29.1 Å². The number of carbonyl (C=O) groups is 5. The molecule has 59 heavy (non-hydrogen) atoms. The molecule has 0 radical (unpaired) electrons. The van der Waals surface area contributed by atoms with E-state index < -0.39 is 89.2 Å². The average molecular weight is 856 g/mol. The molecule has 15 nitrogen and oxygen atoms in total. The van der Waals surface area contributed by atoms with Gasteiger partial charge in [0.05, 0.1) is 30.5 Å². The van der Waals surface area contributed by atoms with Crippen molar-refractivity contribution in [3.05, 3.63) is 28.8 Å². The number of nitrogens with one attached hydrogen (secondary N) is 1. The van der Waals surface area contributed by atoms with Gasteiger partial charge in [0.15, 0.2) is 17.7 Å². The van der Waals surface area contributed by atoms with Crippen LogP contribution in [0.2, 0.25) is 5.02 Å². The summed E-state index contributed by atoms with van der Waals surface area (Å²) in [7, 11) is 4.98. The van der Waals surface area contributed by atoms with Gasteiger partial charge in [0.25, 0.3) is 5.67 Å². The van der Waals surface area contributed by atoms with Crippen LogP contribution in [0.3, 0.4) is 0 Å². The number of Topliss-reactive ketones (excluding diaryl/α,β-unsaturated/α-hetero) is 2. The van der Waals surface area contributed by atoms with E-state index in [1.165, 1.54) is 25.9 Å². The Hall–Kier alpha value is -3.41. The molecule has 0 aliphatic carbocycles. The molecule has 0 spiro atoms. The fraction of sp³-hybridized carbons (Fsp3) is 0.738. The molecule has 4 rings (SSSR count). The highest BCUT2D eigenvalue weighted by Crippen LogP contribution is 2.43. The number of likely N-dealkylation sites (N-methyl/N-ethyl adjacent to an activating group) is 1. The van der Waals surface area contributed by atoms with Crippen LogP contribution < -0.4 is 5.32 Å². The Labute approximate surface area is 351 Å². The molecule has 2 N–H and O–H groups in total. The maximum Gasteiger partial charge on any atom is 0.411 e. The topological polar surface area (TPSA) is 179 Å². The third kappa shape index (κ3) is 10.2. The SMILES string of the molecule is CC[C@H]1OC(=O)[C@@](C)(F)C(=O)[C@H](C)[C@@H](O[C@@H]2O[C@H](C)C[C@H](N(C)C)[C@H]2O)[C@](C)(OC)C[C@@H](C)C(=O)[C@H](C)[C@H]2N(CCCOC(=O)Nc3ccc(Cl)cc3C)C(=O)O[C@]12C. The summed E-state index contributed by atoms with van der Waals surface area (Å²) in [5, 5.41) is 14.6. The number of amides is 2. The lowest BCUT2D eigenvalue weighted by molar-refractivity contribution is -0.295. The maximum atomic E-state index is 16.9. The van der Waals surface area contributed by atoms with Crippen LogP contribution in [0.4, 0.5) is 19.7 Å². The molecule has 0 aromatic heterocycles. The summed E-state index contributed by atoms with van der Waals surface area (Å²) in [6.07, 6.45) is -6.40. The van der Waals surface area contributed by atoms with Crippen molar-refractivity contribution < 1.29 is 61.9 Å². The first-order valence-corrected chi connectivity index (χ1v) is 20.7. The number of ketones is 2. The minimum absolute atomic E-state index is 0.0265. The molecule has 3 aliphatic rings. The van der Waals surface area contributed by atoms with Crippen molar-refractivity contribution in [3.63, 3.8) is 0 Å². The lowest BCUT2D eigenvalue weighted by atomic mass is 9.73. The number of cyclic esters (lactones) is 1. The minimum Gasteiger partial charge on any atom is -0.455 e. The van der Waals surface area contributed by atoms with Crippen LogP contribution in [0, 0.1) is 24.7 Å². The van der Waals surface area contributed by atoms with Gasteiger partial charge in [0.1, 0.15) is 18.0 Å². The predicted molar refractivity (Wildman–Crippen MR) is 216 cm³/mol. The molecule has 332 valence electrons. The lowest BCUT2D eigenvalue weighted by Gasteiger charge is -2.47. The first-order valence-electron chi connectivity index (χ1n) is 20.3. The number of hydrogen-bond donors (Lipinski definition) is 2. The van der Waals surface area contributed by atoms with Gasteiger partial charge >= 0.3 is 18.2 Å². The first-order chi connectivity index (χ1) is 27.4. The van der Waals surface area contributed by atoms with Gasteiger partial charge in [-0.05, 0) is 98.2 Å². The van der Waals surface area contributed by atoms with E-state index in [0.29, 0.717) is 17.1 Å². The highest BCUT2D eigenvalue weighted by molar-refractivity contribution is 6.30. The number of ether oxygens (including phenoxy) is 6. The number of nitrogens with zero attached hydrogens (tertiary/aromatic N) is 2. The fourth-order valence-corrected chi connectivity index (χ4v) is 9.25. The number of halogens is 2. The zero-order chi connectivity index (χ0) is 44.4. The van der Waals surface area contributed by atoms with Crippen LogP contribution in [0.15, 0.2) is 18.2 Å². The molecule has 0 bridgehead atoms. The number of anilines is 1. The van der Waals surface area contributed by atoms with Gasteiger partial charge in [-0.25, -0.2) is 18.8 Å². The van der Waals surface area contributed by atoms with E-state index in [2.05, 4.69) is 5.32 Å². The van der Waals surface area contributed by atoms with Crippen molar-refractivity contribution in [2.24, 2.45) is 17.8 Å². The third-order valence-corrected chi connectivity index (χ3v) is 12.6. The Kier molecular flexibility index (Phi) is 15.6. The van der Waals surface area contributed by atoms with Crippen molar-refractivity contribution in [1.82, 2.24) is 9.80 Å². The van der Waals surface area contributed by atoms with Crippen molar-refractivity contribution >= 4 is 47.0 Å². The number of rotatable bonds is 10. The summed E-state index contributed by atoms with van der Waals surface area (Å²) in [5.41, 5.74) is -5.16. The van der Waals surface area contributed by atoms with Crippen molar-refractivity contribution in [1.29, 1.82) is 0 Å². The molecule has 17 heteroatoms. The second kappa shape index (κ2) is 19.1. The molecule has 0 saturated carbocycles. The van der Waals surface area contributed by atoms with Gasteiger partial charge in [0.2, 0.25) is 0 Å². The zero-order valence-corrected chi connectivity index (χ0v) is 37.1. The Bertz CT molecular complexity index is 1720. The Balaban J connectivity index is 1.68. The monoisotopic (exact) mass is 855 g/mol. The second-order valence-corrected chi connectivity index (χ2v) is 17.6. The number of fused-ring (bicyclic) bond motifs is 1. The summed E-state index contributed by atoms with van der Waals surface area (Å²) in [5.74, 6) is -6.14. The van der Waals surface area contributed by atoms with Crippen LogP contribution >= 0.6 is 11.6 Å². The Morgan fingerprint density at radius 3 is 2.36 bits per heavy atom. The molecule has 3 aliphatic heterocycles. The first kappa shape index (κ1) is 48.3. The van der Waals surface area contributed by atoms with E-state index in [-0.39, 0.29) is 50.3 Å². The number of esters is 1. The van der Waals surface area contributed by atoms with Crippen molar-refractivity contribution in [2.45, 2.75) is 148 Å². The summed E-state index contributed by atoms with van der Waals surface area (Å²) < 4.78 is 52.6. The second-order valence-electron chi connectivity index (χ2n) is 17.2. The van der Waals surface area contributed by atoms with Crippen molar-refractivity contribution in [2.75, 3.05) is 39.7 Å². The van der Waals surface area contributed by atoms with Gasteiger partial charge in [-0.15, -0.1) is 0 Å². The number of aliphatic hydroxyl groups excluding tert-OH is 1. The van der Waals surface area contributed by atoms with E-state index in [1.807, 2.05) is 11.8 Å². The van der Waals surface area contributed by atoms with Crippen LogP contribution in [0.1, 0.15) is 86.6 Å². The number of aliphatic hydroxyl groups is 1. The van der Waals surface area contributed by atoms with Gasteiger partial charge in [-0.3, -0.25) is 14.9 Å². The van der Waals surface area contributed by atoms with Gasteiger partial charge in [0, 0.05) is 48.2 Å². The molecule has 3 saturated heterocycles. The average Bonchev–Trinajstić information content (AvgIpc) is 3.43. The predicted octanol–water partition coefficient (Wildman–Crippen LogP) is 5.88. The van der Waals surface area contributed by atoms with Crippen LogP contribution in [-0.4, -0.2) is 139 Å². The standard InChI is InChI=1S/C42H63ClFN3O12/c1-13-30-42(9)33(47(39(53)59-42)17-14-18-55-38(52)45-28-16-15-27(43)19-22(28)2)25(5)31(48)23(3)21-40(7,54-12)35(26(6)34(50)41(8,44)37(51)57-30)58-36-32(49)29(46(10)11)20-24(4)56-36/h15-16,19,23-26,29-30,32-33,35-36,49H,13-14,17-18,20-21H2,1-12H3,(H,45,52)/t23-,24-,25+,26+,29+,30-,32-,33-,35-,36+,40-,41+,42-/m1/s1. The molecular formula is C42H63ClFN3O12. The molecular weight excluding hydrogens is 793 g/mol. The number of alkyl halides is 1. The number of carbonyl (C=O) groups excluding carboxylic acids is 5. The molecule has 0 unspecified atom stereocenters. The lowest BCUT2D eigenvalue weighted by Crippen LogP contribution is -2.61. The number of benzene rings is 1. The van der Waals surface area contributed by atoms with Crippen LogP contribution in [0.5, 0.6) is 0 Å². The van der Waals surface area contributed by atoms with Gasteiger partial charge in [-0.1, -0.05) is 39.3 Å². The quantitative estimate of drug-likeness (QED) is 0.123. The number of hydrogen-bond acceptors (Lipinski definition) is 13. The summed E-state index contributed by atoms with van der Waals surface area (Å²) in [6, 6.07) is 3.53. The van der Waals surface area contributed by atoms with Crippen molar-refractivity contribution in [3.8, 4) is 0 Å². The third-order valence-electron chi connectivity index (χ3n) is 12.4. The molecule has 1 aromatic rings. The maximum absolute atomic E-state index is 16.9. The summed E-state index contributed by atoms with van der Waals surface area (Å²) in [4.78, 5) is 72.3. The largest absolute Gasteiger partial charge is 0.455 e. The fourth-order valence-electron chi connectivity index (χ4n) is 9.03.